The number of hydrogen-bond donors (Lipinski definition) is 1. The third kappa shape index (κ3) is 1.92. The molecule has 1 aliphatic rings. The summed E-state index contributed by atoms with van der Waals surface area (Å²) in [7, 11) is 0. The second kappa shape index (κ2) is 3.89. The molecule has 1 rings (SSSR count). The van der Waals surface area contributed by atoms with Crippen molar-refractivity contribution in [3.8, 4) is 0 Å². The molecule has 1 aliphatic heterocycles. The number of rotatable bonds is 2. The summed E-state index contributed by atoms with van der Waals surface area (Å²) in [6, 6.07) is 0.919. The maximum absolute atomic E-state index is 11.4. The van der Waals surface area contributed by atoms with Gasteiger partial charge in [0.15, 0.2) is 0 Å². The predicted molar refractivity (Wildman–Crippen MR) is 57.9 cm³/mol. The summed E-state index contributed by atoms with van der Waals surface area (Å²) in [5.74, 6) is -0.224. The summed E-state index contributed by atoms with van der Waals surface area (Å²) < 4.78 is 0. The zero-order valence-electron chi connectivity index (χ0n) is 9.71. The van der Waals surface area contributed by atoms with Gasteiger partial charge in [0.1, 0.15) is 0 Å². The van der Waals surface area contributed by atoms with Gasteiger partial charge in [-0.2, -0.15) is 0 Å². The van der Waals surface area contributed by atoms with E-state index in [1.807, 2.05) is 13.8 Å². The molecular weight excluding hydrogens is 176 g/mol. The molecule has 0 radical (unpaired) electrons. The van der Waals surface area contributed by atoms with Gasteiger partial charge in [-0.15, -0.1) is 0 Å². The summed E-state index contributed by atoms with van der Waals surface area (Å²) in [6.45, 7) is 8.21. The average Bonchev–Trinajstić information content (AvgIpc) is 2.02. The first kappa shape index (κ1) is 11.5. The fraction of sp³-hybridized carbons (Fsp3) is 0.909. The van der Waals surface area contributed by atoms with Crippen molar-refractivity contribution in [2.45, 2.75) is 64.6 Å². The standard InChI is InChI=1S/C11H22N2O/c1-8-6-5-7-9(2)13(8)11(3,4)10(12)14/h8-9H,5-7H2,1-4H3,(H2,12,14). The number of nitrogens with two attached hydrogens (primary N) is 1. The van der Waals surface area contributed by atoms with Crippen LogP contribution in [0.25, 0.3) is 0 Å². The summed E-state index contributed by atoms with van der Waals surface area (Å²) in [5.41, 5.74) is 4.93. The fourth-order valence-corrected chi connectivity index (χ4v) is 2.65. The SMILES string of the molecule is CC1CCCC(C)N1C(C)(C)C(N)=O. The molecule has 14 heavy (non-hydrogen) atoms. The van der Waals surface area contributed by atoms with E-state index in [1.54, 1.807) is 0 Å². The molecule has 1 fully saturated rings. The van der Waals surface area contributed by atoms with E-state index in [1.165, 1.54) is 19.3 Å². The predicted octanol–water partition coefficient (Wildman–Crippen LogP) is 1.51. The first-order chi connectivity index (χ1) is 6.37. The highest BCUT2D eigenvalue weighted by atomic mass is 16.1. The van der Waals surface area contributed by atoms with E-state index in [-0.39, 0.29) is 5.91 Å². The molecule has 0 aromatic carbocycles. The van der Waals surface area contributed by atoms with Gasteiger partial charge in [-0.05, 0) is 40.5 Å². The lowest BCUT2D eigenvalue weighted by Crippen LogP contribution is -2.61. The lowest BCUT2D eigenvalue weighted by Gasteiger charge is -2.47. The Balaban J connectivity index is 2.87. The molecule has 3 nitrogen and oxygen atoms in total. The van der Waals surface area contributed by atoms with Crippen molar-refractivity contribution >= 4 is 5.91 Å². The third-order valence-electron chi connectivity index (χ3n) is 3.44. The fourth-order valence-electron chi connectivity index (χ4n) is 2.65. The van der Waals surface area contributed by atoms with Gasteiger partial charge in [-0.3, -0.25) is 9.69 Å². The Morgan fingerprint density at radius 2 is 1.71 bits per heavy atom. The molecule has 0 spiro atoms. The van der Waals surface area contributed by atoms with Crippen LogP contribution in [-0.4, -0.2) is 28.4 Å². The van der Waals surface area contributed by atoms with Gasteiger partial charge in [0.05, 0.1) is 5.54 Å². The van der Waals surface area contributed by atoms with Gasteiger partial charge in [0.25, 0.3) is 0 Å². The van der Waals surface area contributed by atoms with E-state index < -0.39 is 5.54 Å². The molecule has 0 saturated carbocycles. The van der Waals surface area contributed by atoms with Crippen LogP contribution in [0.15, 0.2) is 0 Å². The maximum Gasteiger partial charge on any atom is 0.237 e. The van der Waals surface area contributed by atoms with Crippen LogP contribution in [0.2, 0.25) is 0 Å². The average molecular weight is 198 g/mol. The molecule has 0 aliphatic carbocycles. The lowest BCUT2D eigenvalue weighted by molar-refractivity contribution is -0.133. The maximum atomic E-state index is 11.4. The largest absolute Gasteiger partial charge is 0.368 e. The van der Waals surface area contributed by atoms with E-state index in [2.05, 4.69) is 18.7 Å². The normalized spacial score (nSPS) is 30.3. The van der Waals surface area contributed by atoms with E-state index in [9.17, 15) is 4.79 Å². The molecule has 0 aromatic rings. The summed E-state index contributed by atoms with van der Waals surface area (Å²) in [6.07, 6.45) is 3.59. The van der Waals surface area contributed by atoms with Gasteiger partial charge in [-0.25, -0.2) is 0 Å². The molecule has 2 atom stereocenters. The van der Waals surface area contributed by atoms with Crippen LogP contribution in [-0.2, 0) is 4.79 Å². The van der Waals surface area contributed by atoms with Crippen molar-refractivity contribution in [1.29, 1.82) is 0 Å². The van der Waals surface area contributed by atoms with E-state index >= 15 is 0 Å². The van der Waals surface area contributed by atoms with Crippen LogP contribution in [0.3, 0.4) is 0 Å². The van der Waals surface area contributed by atoms with Crippen LogP contribution in [0.1, 0.15) is 47.0 Å². The quantitative estimate of drug-likeness (QED) is 0.731. The molecule has 2 N–H and O–H groups in total. The first-order valence-electron chi connectivity index (χ1n) is 5.45. The zero-order chi connectivity index (χ0) is 10.9. The van der Waals surface area contributed by atoms with Gasteiger partial charge >= 0.3 is 0 Å². The van der Waals surface area contributed by atoms with Gasteiger partial charge in [0.2, 0.25) is 5.91 Å². The van der Waals surface area contributed by atoms with Gasteiger partial charge in [0, 0.05) is 12.1 Å². The molecule has 2 unspecified atom stereocenters. The third-order valence-corrected chi connectivity index (χ3v) is 3.44. The van der Waals surface area contributed by atoms with Crippen molar-refractivity contribution in [1.82, 2.24) is 4.90 Å². The van der Waals surface area contributed by atoms with Crippen LogP contribution in [0.4, 0.5) is 0 Å². The highest BCUT2D eigenvalue weighted by Gasteiger charge is 2.40. The van der Waals surface area contributed by atoms with E-state index in [0.29, 0.717) is 12.1 Å². The Kier molecular flexibility index (Phi) is 3.20. The summed E-state index contributed by atoms with van der Waals surface area (Å²) in [5, 5.41) is 0. The Labute approximate surface area is 86.6 Å². The zero-order valence-corrected chi connectivity index (χ0v) is 9.71. The summed E-state index contributed by atoms with van der Waals surface area (Å²) >= 11 is 0. The molecule has 1 saturated heterocycles. The Bertz CT molecular complexity index is 215. The molecule has 0 bridgehead atoms. The highest BCUT2D eigenvalue weighted by molar-refractivity contribution is 5.83. The van der Waals surface area contributed by atoms with Crippen molar-refractivity contribution in [3.63, 3.8) is 0 Å². The lowest BCUT2D eigenvalue weighted by atomic mass is 9.89. The number of carbonyl (C=O) groups excluding carboxylic acids is 1. The second-order valence-electron chi connectivity index (χ2n) is 4.96. The Morgan fingerprint density at radius 1 is 1.29 bits per heavy atom. The topological polar surface area (TPSA) is 46.3 Å². The van der Waals surface area contributed by atoms with Gasteiger partial charge < -0.3 is 5.73 Å². The monoisotopic (exact) mass is 198 g/mol. The van der Waals surface area contributed by atoms with Crippen LogP contribution in [0, 0.1) is 0 Å². The smallest absolute Gasteiger partial charge is 0.237 e. The van der Waals surface area contributed by atoms with Gasteiger partial charge in [-0.1, -0.05) is 6.42 Å². The van der Waals surface area contributed by atoms with Crippen molar-refractivity contribution in [2.75, 3.05) is 0 Å². The van der Waals surface area contributed by atoms with E-state index in [4.69, 9.17) is 5.73 Å². The first-order valence-corrected chi connectivity index (χ1v) is 5.45. The minimum Gasteiger partial charge on any atom is -0.368 e. The van der Waals surface area contributed by atoms with Crippen LogP contribution >= 0.6 is 0 Å². The van der Waals surface area contributed by atoms with Crippen LogP contribution in [0.5, 0.6) is 0 Å². The van der Waals surface area contributed by atoms with Crippen molar-refractivity contribution < 1.29 is 4.79 Å². The number of amides is 1. The Hall–Kier alpha value is -0.570. The molecule has 1 heterocycles. The highest BCUT2D eigenvalue weighted by Crippen LogP contribution is 2.29. The molecular formula is C11H22N2O. The minimum absolute atomic E-state index is 0.224. The number of piperidine rings is 1. The number of hydrogen-bond acceptors (Lipinski definition) is 2. The van der Waals surface area contributed by atoms with Crippen LogP contribution < -0.4 is 5.73 Å². The molecule has 1 amide bonds. The Morgan fingerprint density at radius 3 is 2.07 bits per heavy atom. The molecule has 82 valence electrons. The number of nitrogens with zero attached hydrogens (tertiary/aromatic N) is 1. The second-order valence-corrected chi connectivity index (χ2v) is 4.96. The van der Waals surface area contributed by atoms with Crippen molar-refractivity contribution in [3.05, 3.63) is 0 Å². The van der Waals surface area contributed by atoms with E-state index in [0.717, 1.165) is 0 Å². The number of carbonyl (C=O) groups is 1. The van der Waals surface area contributed by atoms with Crippen molar-refractivity contribution in [2.24, 2.45) is 5.73 Å². The minimum atomic E-state index is -0.515. The molecule has 0 aromatic heterocycles. The molecule has 3 heteroatoms. The number of likely N-dealkylation sites (tertiary alicyclic amines) is 1. The number of primary amides is 1. The summed E-state index contributed by atoms with van der Waals surface area (Å²) in [4.78, 5) is 13.7.